The van der Waals surface area contributed by atoms with Crippen LogP contribution in [0.15, 0.2) is 18.2 Å². The monoisotopic (exact) mass is 265 g/mol. The molecule has 3 nitrogen and oxygen atoms in total. The topological polar surface area (TPSA) is 43.8 Å². The molecule has 0 aliphatic rings. The van der Waals surface area contributed by atoms with Gasteiger partial charge in [-0.3, -0.25) is 0 Å². The lowest BCUT2D eigenvalue weighted by Gasteiger charge is -2.17. The molecule has 0 atom stereocenters. The standard InChI is InChI=1S/C14H17F2N3/c1-14(2,3)13-18-11(12(17)19(13)4)10-8(15)6-5-7-9(10)16/h5-7H,17H2,1-4H3. The summed E-state index contributed by atoms with van der Waals surface area (Å²) in [6, 6.07) is 3.71. The molecule has 0 aliphatic heterocycles. The third kappa shape index (κ3) is 2.20. The first-order valence-electron chi connectivity index (χ1n) is 6.00. The second kappa shape index (κ2) is 4.33. The first kappa shape index (κ1) is 13.5. The quantitative estimate of drug-likeness (QED) is 0.860. The SMILES string of the molecule is Cn1c(C(C)(C)C)nc(-c2c(F)cccc2F)c1N. The molecule has 19 heavy (non-hydrogen) atoms. The minimum Gasteiger partial charge on any atom is -0.383 e. The van der Waals surface area contributed by atoms with Crippen LogP contribution in [0, 0.1) is 11.6 Å². The van der Waals surface area contributed by atoms with Crippen molar-refractivity contribution in [2.75, 3.05) is 5.73 Å². The third-order valence-electron chi connectivity index (χ3n) is 3.01. The van der Waals surface area contributed by atoms with Gasteiger partial charge >= 0.3 is 0 Å². The smallest absolute Gasteiger partial charge is 0.135 e. The molecule has 0 aliphatic carbocycles. The highest BCUT2D eigenvalue weighted by Gasteiger charge is 2.26. The molecule has 1 heterocycles. The highest BCUT2D eigenvalue weighted by Crippen LogP contribution is 2.33. The molecule has 5 heteroatoms. The normalized spacial score (nSPS) is 11.9. The van der Waals surface area contributed by atoms with Crippen molar-refractivity contribution in [1.82, 2.24) is 9.55 Å². The summed E-state index contributed by atoms with van der Waals surface area (Å²) in [5, 5.41) is 0. The Morgan fingerprint density at radius 1 is 1.16 bits per heavy atom. The van der Waals surface area contributed by atoms with Crippen molar-refractivity contribution in [3.8, 4) is 11.3 Å². The summed E-state index contributed by atoms with van der Waals surface area (Å²) in [6.45, 7) is 5.91. The van der Waals surface area contributed by atoms with Crippen LogP contribution in [0.5, 0.6) is 0 Å². The molecule has 0 amide bonds. The van der Waals surface area contributed by atoms with Gasteiger partial charge in [-0.25, -0.2) is 13.8 Å². The maximum atomic E-state index is 13.8. The molecule has 0 fully saturated rings. The number of hydrogen-bond donors (Lipinski definition) is 1. The van der Waals surface area contributed by atoms with Crippen LogP contribution in [-0.4, -0.2) is 9.55 Å². The zero-order valence-electron chi connectivity index (χ0n) is 11.5. The predicted octanol–water partition coefficient (Wildman–Crippen LogP) is 3.25. The summed E-state index contributed by atoms with van der Waals surface area (Å²) in [6.07, 6.45) is 0. The molecule has 0 saturated heterocycles. The van der Waals surface area contributed by atoms with Crippen LogP contribution in [0.3, 0.4) is 0 Å². The maximum absolute atomic E-state index is 13.8. The summed E-state index contributed by atoms with van der Waals surface area (Å²) in [5.41, 5.74) is 5.66. The van der Waals surface area contributed by atoms with Crippen molar-refractivity contribution in [3.63, 3.8) is 0 Å². The number of hydrogen-bond acceptors (Lipinski definition) is 2. The molecule has 0 bridgehead atoms. The van der Waals surface area contributed by atoms with Crippen molar-refractivity contribution >= 4 is 5.82 Å². The molecule has 0 unspecified atom stereocenters. The van der Waals surface area contributed by atoms with E-state index in [9.17, 15) is 8.78 Å². The van der Waals surface area contributed by atoms with E-state index >= 15 is 0 Å². The van der Waals surface area contributed by atoms with Gasteiger partial charge in [-0.1, -0.05) is 26.8 Å². The Morgan fingerprint density at radius 2 is 1.68 bits per heavy atom. The zero-order valence-corrected chi connectivity index (χ0v) is 11.5. The van der Waals surface area contributed by atoms with E-state index in [0.717, 1.165) is 0 Å². The van der Waals surface area contributed by atoms with Gasteiger partial charge in [-0.15, -0.1) is 0 Å². The van der Waals surface area contributed by atoms with Gasteiger partial charge in [0.1, 0.15) is 29.0 Å². The number of halogens is 2. The summed E-state index contributed by atoms with van der Waals surface area (Å²) in [4.78, 5) is 4.33. The van der Waals surface area contributed by atoms with Crippen LogP contribution in [0.25, 0.3) is 11.3 Å². The van der Waals surface area contributed by atoms with Gasteiger partial charge in [0.15, 0.2) is 0 Å². The van der Waals surface area contributed by atoms with Crippen molar-refractivity contribution < 1.29 is 8.78 Å². The molecule has 0 spiro atoms. The molecular weight excluding hydrogens is 248 g/mol. The van der Waals surface area contributed by atoms with Gasteiger partial charge in [0.2, 0.25) is 0 Å². The largest absolute Gasteiger partial charge is 0.383 e. The Bertz CT molecular complexity index is 604. The summed E-state index contributed by atoms with van der Waals surface area (Å²) in [7, 11) is 1.74. The lowest BCUT2D eigenvalue weighted by atomic mass is 9.96. The van der Waals surface area contributed by atoms with Crippen LogP contribution in [0.2, 0.25) is 0 Å². The maximum Gasteiger partial charge on any atom is 0.135 e. The lowest BCUT2D eigenvalue weighted by molar-refractivity contribution is 0.524. The molecule has 2 N–H and O–H groups in total. The molecule has 0 radical (unpaired) electrons. The number of nitrogens with two attached hydrogens (primary N) is 1. The van der Waals surface area contributed by atoms with Gasteiger partial charge in [0.05, 0.1) is 5.56 Å². The Labute approximate surface area is 111 Å². The minimum atomic E-state index is -0.662. The number of nitrogen functional groups attached to an aromatic ring is 1. The highest BCUT2D eigenvalue weighted by molar-refractivity contribution is 5.72. The summed E-state index contributed by atoms with van der Waals surface area (Å²) < 4.78 is 29.3. The van der Waals surface area contributed by atoms with Crippen molar-refractivity contribution in [3.05, 3.63) is 35.7 Å². The van der Waals surface area contributed by atoms with E-state index in [2.05, 4.69) is 4.98 Å². The van der Waals surface area contributed by atoms with E-state index in [-0.39, 0.29) is 22.5 Å². The second-order valence-corrected chi connectivity index (χ2v) is 5.57. The Hall–Kier alpha value is -1.91. The Morgan fingerprint density at radius 3 is 2.11 bits per heavy atom. The van der Waals surface area contributed by atoms with Crippen molar-refractivity contribution in [2.24, 2.45) is 7.05 Å². The highest BCUT2D eigenvalue weighted by atomic mass is 19.1. The molecule has 1 aromatic carbocycles. The Kier molecular flexibility index (Phi) is 3.08. The van der Waals surface area contributed by atoms with E-state index in [1.807, 2.05) is 20.8 Å². The molecule has 0 saturated carbocycles. The third-order valence-corrected chi connectivity index (χ3v) is 3.01. The van der Waals surface area contributed by atoms with Gasteiger partial charge in [-0.2, -0.15) is 0 Å². The number of aromatic nitrogens is 2. The predicted molar refractivity (Wildman–Crippen MR) is 71.7 cm³/mol. The number of benzene rings is 1. The fraction of sp³-hybridized carbons (Fsp3) is 0.357. The van der Waals surface area contributed by atoms with Crippen molar-refractivity contribution in [2.45, 2.75) is 26.2 Å². The van der Waals surface area contributed by atoms with E-state index in [1.54, 1.807) is 11.6 Å². The molecular formula is C14H17F2N3. The molecule has 2 rings (SSSR count). The Balaban J connectivity index is 2.72. The molecule has 2 aromatic rings. The van der Waals surface area contributed by atoms with Gasteiger partial charge in [0, 0.05) is 12.5 Å². The zero-order chi connectivity index (χ0) is 14.4. The molecule has 1 aromatic heterocycles. The number of rotatable bonds is 1. The van der Waals surface area contributed by atoms with Gasteiger partial charge in [-0.05, 0) is 12.1 Å². The van der Waals surface area contributed by atoms with E-state index in [1.165, 1.54) is 18.2 Å². The average molecular weight is 265 g/mol. The van der Waals surface area contributed by atoms with Crippen LogP contribution in [0.4, 0.5) is 14.6 Å². The minimum absolute atomic E-state index is 0.156. The van der Waals surface area contributed by atoms with Crippen molar-refractivity contribution in [1.29, 1.82) is 0 Å². The van der Waals surface area contributed by atoms with Crippen LogP contribution >= 0.6 is 0 Å². The van der Waals surface area contributed by atoms with Crippen LogP contribution in [0.1, 0.15) is 26.6 Å². The second-order valence-electron chi connectivity index (χ2n) is 5.57. The molecule has 102 valence electrons. The summed E-state index contributed by atoms with van der Waals surface area (Å²) in [5.74, 6) is -0.382. The number of nitrogens with zero attached hydrogens (tertiary/aromatic N) is 2. The fourth-order valence-corrected chi connectivity index (χ4v) is 2.09. The van der Waals surface area contributed by atoms with E-state index in [0.29, 0.717) is 5.82 Å². The van der Waals surface area contributed by atoms with Gasteiger partial charge < -0.3 is 10.3 Å². The first-order valence-corrected chi connectivity index (χ1v) is 6.00. The van der Waals surface area contributed by atoms with Gasteiger partial charge in [0.25, 0.3) is 0 Å². The van der Waals surface area contributed by atoms with E-state index < -0.39 is 11.6 Å². The first-order chi connectivity index (χ1) is 8.73. The number of anilines is 1. The van der Waals surface area contributed by atoms with Crippen LogP contribution in [-0.2, 0) is 12.5 Å². The fourth-order valence-electron chi connectivity index (χ4n) is 2.09. The number of imidazole rings is 1. The lowest BCUT2D eigenvalue weighted by Crippen LogP contribution is -2.17. The van der Waals surface area contributed by atoms with E-state index in [4.69, 9.17) is 5.73 Å². The van der Waals surface area contributed by atoms with Crippen LogP contribution < -0.4 is 5.73 Å². The summed E-state index contributed by atoms with van der Waals surface area (Å²) >= 11 is 0. The average Bonchev–Trinajstić information content (AvgIpc) is 2.57.